The van der Waals surface area contributed by atoms with Crippen LogP contribution in [0.5, 0.6) is 0 Å². The molecule has 4 heteroatoms. The third-order valence-electron chi connectivity index (χ3n) is 3.24. The molecular formula is C18H30O4. The molecule has 0 unspecified atom stereocenters. The Hall–Kier alpha value is -1.55. The SMILES string of the molecule is CCCCC/C(=C\C/C=C\C/C=C\CCCCC(=O)O)OO. The van der Waals surface area contributed by atoms with Gasteiger partial charge in [0.25, 0.3) is 0 Å². The molecule has 0 aromatic heterocycles. The summed E-state index contributed by atoms with van der Waals surface area (Å²) < 4.78 is 0. The largest absolute Gasteiger partial charge is 0.481 e. The van der Waals surface area contributed by atoms with Crippen LogP contribution in [0.1, 0.15) is 71.1 Å². The summed E-state index contributed by atoms with van der Waals surface area (Å²) in [6.45, 7) is 2.14. The summed E-state index contributed by atoms with van der Waals surface area (Å²) in [5, 5.41) is 17.3. The molecule has 0 aliphatic rings. The Morgan fingerprint density at radius 2 is 1.64 bits per heavy atom. The van der Waals surface area contributed by atoms with Gasteiger partial charge in [0.05, 0.1) is 0 Å². The van der Waals surface area contributed by atoms with Gasteiger partial charge < -0.3 is 9.99 Å². The quantitative estimate of drug-likeness (QED) is 0.147. The molecule has 126 valence electrons. The predicted molar refractivity (Wildman–Crippen MR) is 89.6 cm³/mol. The molecule has 0 saturated carbocycles. The van der Waals surface area contributed by atoms with Crippen LogP contribution in [0.4, 0.5) is 0 Å². The first kappa shape index (κ1) is 20.5. The van der Waals surface area contributed by atoms with Crippen LogP contribution >= 0.6 is 0 Å². The Kier molecular flexibility index (Phi) is 14.7. The highest BCUT2D eigenvalue weighted by atomic mass is 17.1. The zero-order valence-corrected chi connectivity index (χ0v) is 13.7. The zero-order valence-electron chi connectivity index (χ0n) is 13.7. The predicted octanol–water partition coefficient (Wildman–Crippen LogP) is 5.48. The van der Waals surface area contributed by atoms with E-state index in [1.165, 1.54) is 0 Å². The fraction of sp³-hybridized carbons (Fsp3) is 0.611. The first-order valence-corrected chi connectivity index (χ1v) is 8.23. The minimum atomic E-state index is -0.721. The number of carbonyl (C=O) groups is 1. The van der Waals surface area contributed by atoms with Gasteiger partial charge in [-0.1, -0.05) is 44.1 Å². The number of carboxylic acids is 1. The van der Waals surface area contributed by atoms with Crippen molar-refractivity contribution in [2.45, 2.75) is 71.1 Å². The molecule has 0 saturated heterocycles. The Balaban J connectivity index is 3.65. The fourth-order valence-electron chi connectivity index (χ4n) is 1.96. The number of carboxylic acid groups (broad SMARTS) is 1. The molecule has 0 aromatic rings. The van der Waals surface area contributed by atoms with Gasteiger partial charge in [0.1, 0.15) is 5.76 Å². The molecule has 0 aliphatic carbocycles. The van der Waals surface area contributed by atoms with Crippen LogP contribution in [-0.4, -0.2) is 16.3 Å². The second-order valence-electron chi connectivity index (χ2n) is 5.27. The zero-order chi connectivity index (χ0) is 16.5. The topological polar surface area (TPSA) is 66.8 Å². The van der Waals surface area contributed by atoms with Crippen molar-refractivity contribution >= 4 is 5.97 Å². The number of hydrogen-bond donors (Lipinski definition) is 2. The molecule has 0 spiro atoms. The van der Waals surface area contributed by atoms with Crippen LogP contribution in [0.15, 0.2) is 36.1 Å². The first-order chi connectivity index (χ1) is 10.7. The van der Waals surface area contributed by atoms with Crippen molar-refractivity contribution in [1.82, 2.24) is 0 Å². The van der Waals surface area contributed by atoms with Crippen molar-refractivity contribution in [3.05, 3.63) is 36.1 Å². The van der Waals surface area contributed by atoms with E-state index in [9.17, 15) is 4.79 Å². The summed E-state index contributed by atoms with van der Waals surface area (Å²) >= 11 is 0. The van der Waals surface area contributed by atoms with Crippen molar-refractivity contribution in [3.8, 4) is 0 Å². The summed E-state index contributed by atoms with van der Waals surface area (Å²) in [5.41, 5.74) is 0. The molecule has 0 radical (unpaired) electrons. The third-order valence-corrected chi connectivity index (χ3v) is 3.24. The molecule has 0 heterocycles. The normalized spacial score (nSPS) is 12.4. The third kappa shape index (κ3) is 14.9. The van der Waals surface area contributed by atoms with Gasteiger partial charge in [-0.2, -0.15) is 0 Å². The molecule has 0 rings (SSSR count). The minimum Gasteiger partial charge on any atom is -0.481 e. The summed E-state index contributed by atoms with van der Waals surface area (Å²) in [5.74, 6) is -0.0760. The van der Waals surface area contributed by atoms with Gasteiger partial charge in [0.2, 0.25) is 0 Å². The van der Waals surface area contributed by atoms with E-state index in [1.54, 1.807) is 0 Å². The number of hydrogen-bond acceptors (Lipinski definition) is 3. The number of aliphatic carboxylic acids is 1. The smallest absolute Gasteiger partial charge is 0.303 e. The highest BCUT2D eigenvalue weighted by molar-refractivity contribution is 5.66. The molecule has 0 aliphatic heterocycles. The van der Waals surface area contributed by atoms with Crippen molar-refractivity contribution in [3.63, 3.8) is 0 Å². The Morgan fingerprint density at radius 1 is 0.955 bits per heavy atom. The summed E-state index contributed by atoms with van der Waals surface area (Å²) in [4.78, 5) is 14.7. The van der Waals surface area contributed by atoms with Gasteiger partial charge in [-0.25, -0.2) is 5.26 Å². The average molecular weight is 310 g/mol. The van der Waals surface area contributed by atoms with Gasteiger partial charge in [0, 0.05) is 12.8 Å². The molecule has 0 atom stereocenters. The second kappa shape index (κ2) is 15.8. The van der Waals surface area contributed by atoms with E-state index < -0.39 is 5.97 Å². The molecule has 22 heavy (non-hydrogen) atoms. The number of unbranched alkanes of at least 4 members (excludes halogenated alkanes) is 4. The van der Waals surface area contributed by atoms with E-state index >= 15 is 0 Å². The molecular weight excluding hydrogens is 280 g/mol. The van der Waals surface area contributed by atoms with E-state index in [-0.39, 0.29) is 6.42 Å². The minimum absolute atomic E-state index is 0.258. The maximum absolute atomic E-state index is 10.3. The first-order valence-electron chi connectivity index (χ1n) is 8.23. The van der Waals surface area contributed by atoms with Crippen LogP contribution < -0.4 is 0 Å². The summed E-state index contributed by atoms with van der Waals surface area (Å²) in [7, 11) is 0. The molecule has 0 amide bonds. The van der Waals surface area contributed by atoms with E-state index in [0.717, 1.165) is 57.8 Å². The lowest BCUT2D eigenvalue weighted by Crippen LogP contribution is -1.92. The molecule has 4 nitrogen and oxygen atoms in total. The average Bonchev–Trinajstić information content (AvgIpc) is 2.50. The lowest BCUT2D eigenvalue weighted by Gasteiger charge is -2.01. The lowest BCUT2D eigenvalue weighted by atomic mass is 10.1. The van der Waals surface area contributed by atoms with E-state index in [2.05, 4.69) is 30.0 Å². The van der Waals surface area contributed by atoms with E-state index in [0.29, 0.717) is 5.76 Å². The molecule has 2 N–H and O–H groups in total. The van der Waals surface area contributed by atoms with Gasteiger partial charge in [-0.3, -0.25) is 4.79 Å². The van der Waals surface area contributed by atoms with Crippen LogP contribution in [0.3, 0.4) is 0 Å². The Bertz CT molecular complexity index is 356. The molecule has 0 aromatic carbocycles. The lowest BCUT2D eigenvalue weighted by molar-refractivity contribution is -0.206. The fourth-order valence-corrected chi connectivity index (χ4v) is 1.96. The molecule has 0 bridgehead atoms. The van der Waals surface area contributed by atoms with E-state index in [4.69, 9.17) is 10.4 Å². The van der Waals surface area contributed by atoms with Crippen molar-refractivity contribution in [1.29, 1.82) is 0 Å². The van der Waals surface area contributed by atoms with Crippen molar-refractivity contribution in [2.24, 2.45) is 0 Å². The highest BCUT2D eigenvalue weighted by Gasteiger charge is 1.96. The van der Waals surface area contributed by atoms with Crippen molar-refractivity contribution in [2.75, 3.05) is 0 Å². The molecule has 0 fully saturated rings. The second-order valence-corrected chi connectivity index (χ2v) is 5.27. The maximum atomic E-state index is 10.3. The van der Waals surface area contributed by atoms with E-state index in [1.807, 2.05) is 12.2 Å². The van der Waals surface area contributed by atoms with Crippen LogP contribution in [0, 0.1) is 0 Å². The van der Waals surface area contributed by atoms with Gasteiger partial charge in [-0.05, 0) is 44.6 Å². The van der Waals surface area contributed by atoms with Gasteiger partial charge >= 0.3 is 5.97 Å². The summed E-state index contributed by atoms with van der Waals surface area (Å²) in [6.07, 6.45) is 18.8. The summed E-state index contributed by atoms with van der Waals surface area (Å²) in [6, 6.07) is 0. The van der Waals surface area contributed by atoms with Gasteiger partial charge in [0.15, 0.2) is 0 Å². The van der Waals surface area contributed by atoms with Crippen molar-refractivity contribution < 1.29 is 20.0 Å². The Morgan fingerprint density at radius 3 is 2.32 bits per heavy atom. The van der Waals surface area contributed by atoms with Crippen LogP contribution in [0.25, 0.3) is 0 Å². The maximum Gasteiger partial charge on any atom is 0.303 e. The monoisotopic (exact) mass is 310 g/mol. The standard InChI is InChI=1S/C18H30O4/c1-2-3-11-14-17(22-21)15-12-9-7-5-4-6-8-10-13-16-18(19)20/h4,6-7,9,15,21H,2-3,5,8,10-14,16H2,1H3,(H,19,20)/b6-4-,9-7-,17-15+. The highest BCUT2D eigenvalue weighted by Crippen LogP contribution is 2.10. The number of allylic oxidation sites excluding steroid dienone is 6. The Labute approximate surface area is 134 Å². The van der Waals surface area contributed by atoms with Crippen LogP contribution in [0.2, 0.25) is 0 Å². The van der Waals surface area contributed by atoms with Gasteiger partial charge in [-0.15, -0.1) is 0 Å². The van der Waals surface area contributed by atoms with Crippen LogP contribution in [-0.2, 0) is 9.68 Å². The number of rotatable bonds is 14.